The molecule has 0 heterocycles. The molecule has 0 radical (unpaired) electrons. The van der Waals surface area contributed by atoms with Gasteiger partial charge in [0.1, 0.15) is 12.4 Å². The number of carboxylic acid groups (broad SMARTS) is 1. The third kappa shape index (κ3) is 8.81. The summed E-state index contributed by atoms with van der Waals surface area (Å²) < 4.78 is 5.83. The Hall–Kier alpha value is -2.37. The van der Waals surface area contributed by atoms with Crippen molar-refractivity contribution >= 4 is 5.97 Å². The topological polar surface area (TPSA) is 87.0 Å². The van der Waals surface area contributed by atoms with E-state index >= 15 is 0 Å². The summed E-state index contributed by atoms with van der Waals surface area (Å²) in [5.41, 5.74) is 5.91. The highest BCUT2D eigenvalue weighted by Gasteiger charge is 2.32. The van der Waals surface area contributed by atoms with Gasteiger partial charge in [-0.15, -0.1) is 0 Å². The van der Waals surface area contributed by atoms with Crippen molar-refractivity contribution in [2.45, 2.75) is 124 Å². The number of rotatable bonds is 17. The van der Waals surface area contributed by atoms with Crippen LogP contribution in [0.1, 0.15) is 114 Å². The molecule has 5 heteroatoms. The van der Waals surface area contributed by atoms with Gasteiger partial charge < -0.3 is 20.1 Å². The average Bonchev–Trinajstić information content (AvgIpc) is 2.90. The summed E-state index contributed by atoms with van der Waals surface area (Å²) in [5, 5.41) is 29.7. The first-order chi connectivity index (χ1) is 18.4. The van der Waals surface area contributed by atoms with Crippen molar-refractivity contribution in [2.24, 2.45) is 5.41 Å². The number of benzene rings is 2. The van der Waals surface area contributed by atoms with Crippen LogP contribution in [0.25, 0.3) is 0 Å². The van der Waals surface area contributed by atoms with Crippen LogP contribution in [0.4, 0.5) is 0 Å². The molecule has 3 N–H and O–H groups in total. The molecule has 0 aliphatic carbocycles. The van der Waals surface area contributed by atoms with Crippen LogP contribution < -0.4 is 4.74 Å². The monoisotopic (exact) mass is 540 g/mol. The van der Waals surface area contributed by atoms with E-state index in [1.165, 1.54) is 22.3 Å². The van der Waals surface area contributed by atoms with Crippen LogP contribution in [0.2, 0.25) is 0 Å². The van der Waals surface area contributed by atoms with Crippen LogP contribution >= 0.6 is 0 Å². The fraction of sp³-hybridized carbons (Fsp3) is 0.618. The van der Waals surface area contributed by atoms with Gasteiger partial charge in [0.15, 0.2) is 0 Å². The van der Waals surface area contributed by atoms with Gasteiger partial charge in [-0.1, -0.05) is 77.8 Å². The van der Waals surface area contributed by atoms with Gasteiger partial charge in [0.2, 0.25) is 0 Å². The largest absolute Gasteiger partial charge is 0.491 e. The Kier molecular flexibility index (Phi) is 12.5. The minimum atomic E-state index is -0.919. The lowest BCUT2D eigenvalue weighted by molar-refractivity contribution is -0.137. The van der Waals surface area contributed by atoms with Crippen LogP contribution in [0, 0.1) is 19.3 Å². The maximum Gasteiger partial charge on any atom is 0.303 e. The second-order valence-electron chi connectivity index (χ2n) is 12.0. The van der Waals surface area contributed by atoms with E-state index in [1.54, 1.807) is 0 Å². The minimum absolute atomic E-state index is 0.0618. The number of carbonyl (C=O) groups is 1. The number of ether oxygens (including phenoxy) is 1. The summed E-state index contributed by atoms with van der Waals surface area (Å²) in [6, 6.07) is 13.1. The molecule has 0 saturated heterocycles. The quantitative estimate of drug-likeness (QED) is 0.193. The molecule has 2 rings (SSSR count). The zero-order valence-electron chi connectivity index (χ0n) is 25.3. The second-order valence-corrected chi connectivity index (χ2v) is 12.0. The third-order valence-corrected chi connectivity index (χ3v) is 8.72. The summed E-state index contributed by atoms with van der Waals surface area (Å²) in [5.74, 6) is -0.210. The molecule has 1 unspecified atom stereocenters. The molecule has 0 saturated carbocycles. The van der Waals surface area contributed by atoms with E-state index in [0.29, 0.717) is 5.75 Å². The zero-order chi connectivity index (χ0) is 29.2. The van der Waals surface area contributed by atoms with E-state index in [1.807, 2.05) is 13.0 Å². The van der Waals surface area contributed by atoms with E-state index in [4.69, 9.17) is 9.84 Å². The standard InChI is InChI=1S/C34H52O5/c1-8-11-20-33(6,7)31(36)18-13-26-12-14-27(21-24(26)4)34(9-2,10-3)28-15-17-30(25(5)22-28)39-23-29(35)16-19-32(37)38/h12,14-15,17,21-22,29,31,35-36H,8-11,13,16,18-20,23H2,1-7H3,(H,37,38)/t29-,31?/m0/s1. The molecule has 5 nitrogen and oxygen atoms in total. The van der Waals surface area contributed by atoms with Gasteiger partial charge in [0.25, 0.3) is 0 Å². The second kappa shape index (κ2) is 14.9. The van der Waals surface area contributed by atoms with Gasteiger partial charge >= 0.3 is 5.97 Å². The lowest BCUT2D eigenvalue weighted by Gasteiger charge is -2.34. The maximum atomic E-state index is 10.9. The molecule has 2 aromatic rings. The highest BCUT2D eigenvalue weighted by molar-refractivity contribution is 5.66. The predicted octanol–water partition coefficient (Wildman–Crippen LogP) is 7.52. The zero-order valence-corrected chi connectivity index (χ0v) is 25.3. The molecular weight excluding hydrogens is 488 g/mol. The van der Waals surface area contributed by atoms with E-state index in [2.05, 4.69) is 71.9 Å². The van der Waals surface area contributed by atoms with Gasteiger partial charge in [-0.25, -0.2) is 0 Å². The summed E-state index contributed by atoms with van der Waals surface area (Å²) in [6.45, 7) is 15.3. The van der Waals surface area contributed by atoms with Crippen LogP contribution in [-0.4, -0.2) is 40.1 Å². The smallest absolute Gasteiger partial charge is 0.303 e. The SMILES string of the molecule is CCCCC(C)(C)C(O)CCc1ccc(C(CC)(CC)c2ccc(OC[C@@H](O)CCC(=O)O)c(C)c2)cc1C. The maximum absolute atomic E-state index is 10.9. The van der Waals surface area contributed by atoms with Gasteiger partial charge in [0.05, 0.1) is 12.2 Å². The van der Waals surface area contributed by atoms with Crippen LogP contribution in [0.3, 0.4) is 0 Å². The first-order valence-electron chi connectivity index (χ1n) is 14.8. The number of hydrogen-bond acceptors (Lipinski definition) is 4. The number of aliphatic hydroxyl groups excluding tert-OH is 2. The molecule has 0 aliphatic rings. The predicted molar refractivity (Wildman–Crippen MR) is 160 cm³/mol. The molecule has 0 aliphatic heterocycles. The Morgan fingerprint density at radius 3 is 2.08 bits per heavy atom. The van der Waals surface area contributed by atoms with Gasteiger partial charge in [-0.3, -0.25) is 4.79 Å². The molecule has 218 valence electrons. The first-order valence-corrected chi connectivity index (χ1v) is 14.8. The van der Waals surface area contributed by atoms with E-state index in [-0.39, 0.29) is 36.4 Å². The summed E-state index contributed by atoms with van der Waals surface area (Å²) in [4.78, 5) is 10.7. The third-order valence-electron chi connectivity index (χ3n) is 8.72. The number of aryl methyl sites for hydroxylation is 3. The van der Waals surface area contributed by atoms with E-state index in [0.717, 1.165) is 50.5 Å². The Bertz CT molecular complexity index is 1050. The minimum Gasteiger partial charge on any atom is -0.491 e. The molecule has 2 atom stereocenters. The molecule has 0 bridgehead atoms. The van der Waals surface area contributed by atoms with Crippen molar-refractivity contribution in [3.05, 3.63) is 64.2 Å². The van der Waals surface area contributed by atoms with Crippen LogP contribution in [0.15, 0.2) is 36.4 Å². The summed E-state index contributed by atoms with van der Waals surface area (Å²) >= 11 is 0. The van der Waals surface area contributed by atoms with Crippen molar-refractivity contribution in [1.29, 1.82) is 0 Å². The summed E-state index contributed by atoms with van der Waals surface area (Å²) in [6.07, 6.45) is 5.89. The fourth-order valence-electron chi connectivity index (χ4n) is 5.66. The van der Waals surface area contributed by atoms with Gasteiger partial charge in [0, 0.05) is 11.8 Å². The first kappa shape index (κ1) is 32.8. The molecule has 0 spiro atoms. The number of unbranched alkanes of at least 4 members (excludes halogenated alkanes) is 1. The van der Waals surface area contributed by atoms with Crippen molar-refractivity contribution in [1.82, 2.24) is 0 Å². The number of carboxylic acids is 1. The van der Waals surface area contributed by atoms with Crippen molar-refractivity contribution in [2.75, 3.05) is 6.61 Å². The van der Waals surface area contributed by atoms with E-state index < -0.39 is 12.1 Å². The van der Waals surface area contributed by atoms with E-state index in [9.17, 15) is 15.0 Å². The van der Waals surface area contributed by atoms with Crippen molar-refractivity contribution < 1.29 is 24.9 Å². The lowest BCUT2D eigenvalue weighted by Crippen LogP contribution is -2.30. The molecular formula is C34H52O5. The Morgan fingerprint density at radius 1 is 0.923 bits per heavy atom. The molecule has 2 aromatic carbocycles. The molecule has 0 aromatic heterocycles. The molecule has 0 fully saturated rings. The average molecular weight is 541 g/mol. The number of aliphatic hydroxyl groups is 2. The molecule has 39 heavy (non-hydrogen) atoms. The Balaban J connectivity index is 2.20. The number of aliphatic carboxylic acids is 1. The van der Waals surface area contributed by atoms with Crippen LogP contribution in [0.5, 0.6) is 5.75 Å². The molecule has 0 amide bonds. The number of hydrogen-bond donors (Lipinski definition) is 3. The Labute approximate surface area is 236 Å². The van der Waals surface area contributed by atoms with Crippen molar-refractivity contribution in [3.8, 4) is 5.75 Å². The van der Waals surface area contributed by atoms with Crippen molar-refractivity contribution in [3.63, 3.8) is 0 Å². The lowest BCUT2D eigenvalue weighted by atomic mass is 9.69. The fourth-order valence-corrected chi connectivity index (χ4v) is 5.66. The van der Waals surface area contributed by atoms with Gasteiger partial charge in [-0.2, -0.15) is 0 Å². The highest BCUT2D eigenvalue weighted by Crippen LogP contribution is 2.41. The van der Waals surface area contributed by atoms with Gasteiger partial charge in [-0.05, 0) is 91.7 Å². The normalized spacial score (nSPS) is 13.8. The summed E-state index contributed by atoms with van der Waals surface area (Å²) in [7, 11) is 0. The highest BCUT2D eigenvalue weighted by atomic mass is 16.5. The Morgan fingerprint density at radius 2 is 1.54 bits per heavy atom. The van der Waals surface area contributed by atoms with Crippen LogP contribution in [-0.2, 0) is 16.6 Å².